The summed E-state index contributed by atoms with van der Waals surface area (Å²) in [5.41, 5.74) is 0.961. The highest BCUT2D eigenvalue weighted by Gasteiger charge is 2.43. The molecule has 2 aliphatic rings. The number of hydrogen-bond donors (Lipinski definition) is 1. The van der Waals surface area contributed by atoms with Gasteiger partial charge < -0.3 is 10.0 Å². The molecule has 1 saturated heterocycles. The lowest BCUT2D eigenvalue weighted by atomic mass is 9.77. The van der Waals surface area contributed by atoms with Gasteiger partial charge in [0.2, 0.25) is 0 Å². The Hall–Kier alpha value is -2.54. The van der Waals surface area contributed by atoms with Crippen molar-refractivity contribution in [1.82, 2.24) is 25.0 Å². The highest BCUT2D eigenvalue weighted by Crippen LogP contribution is 2.42. The van der Waals surface area contributed by atoms with Crippen molar-refractivity contribution in [3.05, 3.63) is 42.6 Å². The number of rotatable bonds is 2. The van der Waals surface area contributed by atoms with Crippen LogP contribution in [0.1, 0.15) is 24.6 Å². The maximum atomic E-state index is 10.6. The predicted molar refractivity (Wildman–Crippen MR) is 97.8 cm³/mol. The Labute approximate surface area is 151 Å². The Morgan fingerprint density at radius 2 is 1.81 bits per heavy atom. The number of benzene rings is 1. The smallest absolute Gasteiger partial charge is 0.159 e. The molecule has 3 aromatic rings. The van der Waals surface area contributed by atoms with Crippen LogP contribution in [0.5, 0.6) is 0 Å². The fourth-order valence-corrected chi connectivity index (χ4v) is 4.71. The van der Waals surface area contributed by atoms with Gasteiger partial charge in [-0.15, -0.1) is 5.10 Å². The molecule has 7 heteroatoms. The molecule has 5 rings (SSSR count). The molecule has 7 nitrogen and oxygen atoms in total. The third-order valence-electron chi connectivity index (χ3n) is 6.04. The first kappa shape index (κ1) is 15.7. The summed E-state index contributed by atoms with van der Waals surface area (Å²) in [6.45, 7) is 3.87. The van der Waals surface area contributed by atoms with Gasteiger partial charge in [-0.1, -0.05) is 24.3 Å². The van der Waals surface area contributed by atoms with E-state index in [1.165, 1.54) is 6.33 Å². The van der Waals surface area contributed by atoms with E-state index in [9.17, 15) is 5.11 Å². The van der Waals surface area contributed by atoms with Crippen LogP contribution in [-0.2, 0) is 0 Å². The lowest BCUT2D eigenvalue weighted by molar-refractivity contribution is 0.0305. The van der Waals surface area contributed by atoms with Gasteiger partial charge in [0, 0.05) is 23.9 Å². The molecule has 1 aromatic carbocycles. The quantitative estimate of drug-likeness (QED) is 0.761. The first-order chi connectivity index (χ1) is 12.7. The number of fused-ring (bicyclic) bond motifs is 2. The summed E-state index contributed by atoms with van der Waals surface area (Å²) in [7, 11) is 0. The Bertz CT molecular complexity index is 927. The number of aromatic nitrogens is 5. The molecule has 1 saturated carbocycles. The van der Waals surface area contributed by atoms with Gasteiger partial charge in [0.1, 0.15) is 12.7 Å². The summed E-state index contributed by atoms with van der Waals surface area (Å²) in [4.78, 5) is 6.38. The van der Waals surface area contributed by atoms with Gasteiger partial charge in [-0.25, -0.2) is 9.67 Å². The number of hydrogen-bond acceptors (Lipinski definition) is 6. The number of nitrogens with zero attached hydrogens (tertiary/aromatic N) is 6. The van der Waals surface area contributed by atoms with Gasteiger partial charge in [0.05, 0.1) is 17.8 Å². The molecule has 2 fully saturated rings. The van der Waals surface area contributed by atoms with Gasteiger partial charge in [0.15, 0.2) is 5.82 Å². The standard InChI is InChI=1S/C19H22N6O/c1-12-15-4-2-3-5-16(15)19(23-22-12)24-8-13-6-17(25-11-20-10-21-25)18(26)7-14(13)9-24/h2-5,10-11,13-14,17-18,26H,6-9H2,1H3/t13-,14+,17-,18-/m1/s1. The van der Waals surface area contributed by atoms with Crippen LogP contribution in [0.4, 0.5) is 5.82 Å². The molecule has 1 aliphatic heterocycles. The molecular weight excluding hydrogens is 328 g/mol. The second kappa shape index (κ2) is 6.02. The topological polar surface area (TPSA) is 80.0 Å². The first-order valence-corrected chi connectivity index (χ1v) is 9.20. The maximum absolute atomic E-state index is 10.6. The van der Waals surface area contributed by atoms with E-state index in [0.717, 1.165) is 48.2 Å². The Balaban J connectivity index is 1.44. The molecule has 1 N–H and O–H groups in total. The SMILES string of the molecule is Cc1nnc(N2C[C@H]3C[C@@H](n4cncn4)[C@H](O)C[C@H]3C2)c2ccccc12. The van der Waals surface area contributed by atoms with Crippen molar-refractivity contribution in [2.24, 2.45) is 11.8 Å². The summed E-state index contributed by atoms with van der Waals surface area (Å²) < 4.78 is 1.81. The molecule has 26 heavy (non-hydrogen) atoms. The van der Waals surface area contributed by atoms with E-state index in [-0.39, 0.29) is 12.1 Å². The zero-order valence-electron chi connectivity index (χ0n) is 14.7. The fourth-order valence-electron chi connectivity index (χ4n) is 4.71. The summed E-state index contributed by atoms with van der Waals surface area (Å²) in [5.74, 6) is 1.97. The number of aliphatic hydroxyl groups excluding tert-OH is 1. The van der Waals surface area contributed by atoms with Gasteiger partial charge in [-0.05, 0) is 31.6 Å². The largest absolute Gasteiger partial charge is 0.391 e. The third-order valence-corrected chi connectivity index (χ3v) is 6.04. The molecule has 0 radical (unpaired) electrons. The van der Waals surface area contributed by atoms with Crippen LogP contribution in [0.15, 0.2) is 36.9 Å². The van der Waals surface area contributed by atoms with E-state index < -0.39 is 0 Å². The van der Waals surface area contributed by atoms with E-state index >= 15 is 0 Å². The second-order valence-electron chi connectivity index (χ2n) is 7.56. The van der Waals surface area contributed by atoms with Crippen LogP contribution < -0.4 is 4.90 Å². The molecule has 1 aliphatic carbocycles. The van der Waals surface area contributed by atoms with Crippen LogP contribution in [0.3, 0.4) is 0 Å². The zero-order valence-corrected chi connectivity index (χ0v) is 14.7. The van der Waals surface area contributed by atoms with Gasteiger partial charge in [0.25, 0.3) is 0 Å². The monoisotopic (exact) mass is 350 g/mol. The Morgan fingerprint density at radius 3 is 2.58 bits per heavy atom. The van der Waals surface area contributed by atoms with Crippen LogP contribution in [0, 0.1) is 18.8 Å². The molecule has 3 heterocycles. The molecule has 0 amide bonds. The second-order valence-corrected chi connectivity index (χ2v) is 7.56. The van der Waals surface area contributed by atoms with E-state index in [4.69, 9.17) is 0 Å². The summed E-state index contributed by atoms with van der Waals surface area (Å²) in [6, 6.07) is 8.35. The van der Waals surface area contributed by atoms with Crippen molar-refractivity contribution in [3.8, 4) is 0 Å². The summed E-state index contributed by atoms with van der Waals surface area (Å²) >= 11 is 0. The average molecular weight is 350 g/mol. The van der Waals surface area contributed by atoms with Gasteiger partial charge >= 0.3 is 0 Å². The minimum atomic E-state index is -0.376. The van der Waals surface area contributed by atoms with Crippen LogP contribution in [0.2, 0.25) is 0 Å². The van der Waals surface area contributed by atoms with Gasteiger partial charge in [-0.3, -0.25) is 0 Å². The maximum Gasteiger partial charge on any atom is 0.159 e. The molecule has 134 valence electrons. The van der Waals surface area contributed by atoms with Crippen molar-refractivity contribution in [2.45, 2.75) is 31.9 Å². The van der Waals surface area contributed by atoms with Crippen molar-refractivity contribution >= 4 is 16.6 Å². The molecule has 0 bridgehead atoms. The summed E-state index contributed by atoms with van der Waals surface area (Å²) in [5, 5.41) is 26.1. The fraction of sp³-hybridized carbons (Fsp3) is 0.474. The van der Waals surface area contributed by atoms with Crippen molar-refractivity contribution in [1.29, 1.82) is 0 Å². The van der Waals surface area contributed by atoms with E-state index in [1.807, 2.05) is 17.7 Å². The summed E-state index contributed by atoms with van der Waals surface area (Å²) in [6.07, 6.45) is 4.58. The minimum Gasteiger partial charge on any atom is -0.391 e. The minimum absolute atomic E-state index is 0.0135. The van der Waals surface area contributed by atoms with Crippen LogP contribution >= 0.6 is 0 Å². The van der Waals surface area contributed by atoms with E-state index in [2.05, 4.69) is 43.4 Å². The van der Waals surface area contributed by atoms with Crippen molar-refractivity contribution in [3.63, 3.8) is 0 Å². The van der Waals surface area contributed by atoms with Crippen LogP contribution in [-0.4, -0.2) is 49.3 Å². The molecule has 2 aromatic heterocycles. The normalized spacial score (nSPS) is 28.5. The molecule has 0 unspecified atom stereocenters. The van der Waals surface area contributed by atoms with E-state index in [0.29, 0.717) is 11.8 Å². The first-order valence-electron chi connectivity index (χ1n) is 9.20. The lowest BCUT2D eigenvalue weighted by Crippen LogP contribution is -2.36. The van der Waals surface area contributed by atoms with Gasteiger partial charge in [-0.2, -0.15) is 10.2 Å². The molecular formula is C19H22N6O. The number of aryl methyl sites for hydroxylation is 1. The number of anilines is 1. The van der Waals surface area contributed by atoms with E-state index in [1.54, 1.807) is 6.33 Å². The average Bonchev–Trinajstić information content (AvgIpc) is 3.31. The van der Waals surface area contributed by atoms with Crippen LogP contribution in [0.25, 0.3) is 10.8 Å². The Morgan fingerprint density at radius 1 is 1.04 bits per heavy atom. The third kappa shape index (κ3) is 2.46. The van der Waals surface area contributed by atoms with Crippen molar-refractivity contribution in [2.75, 3.05) is 18.0 Å². The highest BCUT2D eigenvalue weighted by molar-refractivity contribution is 5.93. The zero-order chi connectivity index (χ0) is 17.7. The molecule has 4 atom stereocenters. The Kier molecular flexibility index (Phi) is 3.63. The highest BCUT2D eigenvalue weighted by atomic mass is 16.3. The number of aliphatic hydroxyl groups is 1. The predicted octanol–water partition coefficient (Wildman–Crippen LogP) is 1.98. The molecule has 0 spiro atoms. The van der Waals surface area contributed by atoms with Crippen molar-refractivity contribution < 1.29 is 5.11 Å². The lowest BCUT2D eigenvalue weighted by Gasteiger charge is -2.34.